The van der Waals surface area contributed by atoms with Crippen LogP contribution in [0.2, 0.25) is 0 Å². The Balaban J connectivity index is 1.97. The Morgan fingerprint density at radius 1 is 1.24 bits per heavy atom. The first-order valence-corrected chi connectivity index (χ1v) is 7.00. The maximum absolute atomic E-state index is 12.8. The average molecular weight is 291 g/mol. The molecule has 0 aliphatic carbocycles. The summed E-state index contributed by atoms with van der Waals surface area (Å²) < 4.78 is 18.3. The highest BCUT2D eigenvalue weighted by Gasteiger charge is 2.15. The Morgan fingerprint density at radius 2 is 1.90 bits per heavy atom. The van der Waals surface area contributed by atoms with E-state index in [0.29, 0.717) is 17.3 Å². The van der Waals surface area contributed by atoms with Gasteiger partial charge in [-0.1, -0.05) is 13.8 Å². The Morgan fingerprint density at radius 3 is 2.52 bits per heavy atom. The lowest BCUT2D eigenvalue weighted by atomic mass is 10.0. The quantitative estimate of drug-likeness (QED) is 0.888. The SMILES string of the molecule is CCC(CC)C(=O)NCc1nnc(-c2ccc(F)cc2)o1. The van der Waals surface area contributed by atoms with Gasteiger partial charge in [0.1, 0.15) is 5.82 Å². The lowest BCUT2D eigenvalue weighted by Gasteiger charge is -2.10. The standard InChI is InChI=1S/C15H18FN3O2/c1-3-10(4-2)14(20)17-9-13-18-19-15(21-13)11-5-7-12(16)8-6-11/h5-8,10H,3-4,9H2,1-2H3,(H,17,20). The van der Waals surface area contributed by atoms with Gasteiger partial charge in [-0.25, -0.2) is 4.39 Å². The molecule has 6 heteroatoms. The fraction of sp³-hybridized carbons (Fsp3) is 0.400. The second kappa shape index (κ2) is 6.97. The predicted octanol–water partition coefficient (Wildman–Crippen LogP) is 2.93. The number of aromatic nitrogens is 2. The van der Waals surface area contributed by atoms with Crippen molar-refractivity contribution in [1.29, 1.82) is 0 Å². The molecular formula is C15H18FN3O2. The summed E-state index contributed by atoms with van der Waals surface area (Å²) >= 11 is 0. The van der Waals surface area contributed by atoms with Crippen LogP contribution in [-0.4, -0.2) is 16.1 Å². The zero-order chi connectivity index (χ0) is 15.2. The van der Waals surface area contributed by atoms with Gasteiger partial charge in [-0.2, -0.15) is 0 Å². The second-order valence-electron chi connectivity index (χ2n) is 4.74. The van der Waals surface area contributed by atoms with E-state index in [1.807, 2.05) is 13.8 Å². The molecule has 0 saturated heterocycles. The molecule has 1 amide bonds. The predicted molar refractivity (Wildman–Crippen MR) is 75.6 cm³/mol. The number of benzene rings is 1. The van der Waals surface area contributed by atoms with Gasteiger partial charge in [0, 0.05) is 11.5 Å². The molecular weight excluding hydrogens is 273 g/mol. The van der Waals surface area contributed by atoms with E-state index >= 15 is 0 Å². The van der Waals surface area contributed by atoms with Crippen LogP contribution in [0.5, 0.6) is 0 Å². The Bertz CT molecular complexity index is 591. The number of halogens is 1. The molecule has 0 saturated carbocycles. The summed E-state index contributed by atoms with van der Waals surface area (Å²) in [5, 5.41) is 10.5. The largest absolute Gasteiger partial charge is 0.419 e. The smallest absolute Gasteiger partial charge is 0.247 e. The van der Waals surface area contributed by atoms with Crippen LogP contribution in [0.3, 0.4) is 0 Å². The van der Waals surface area contributed by atoms with Gasteiger partial charge in [-0.3, -0.25) is 4.79 Å². The molecule has 2 aromatic rings. The first kappa shape index (κ1) is 15.2. The van der Waals surface area contributed by atoms with Crippen LogP contribution in [0.15, 0.2) is 28.7 Å². The third kappa shape index (κ3) is 3.87. The Labute approximate surface area is 122 Å². The Kier molecular flexibility index (Phi) is 5.03. The molecule has 1 aromatic heterocycles. The van der Waals surface area contributed by atoms with Crippen LogP contribution in [-0.2, 0) is 11.3 Å². The summed E-state index contributed by atoms with van der Waals surface area (Å²) in [6.07, 6.45) is 1.60. The van der Waals surface area contributed by atoms with Gasteiger partial charge in [-0.05, 0) is 37.1 Å². The number of hydrogen-bond donors (Lipinski definition) is 1. The van der Waals surface area contributed by atoms with E-state index < -0.39 is 0 Å². The van der Waals surface area contributed by atoms with E-state index in [0.717, 1.165) is 12.8 Å². The maximum Gasteiger partial charge on any atom is 0.247 e. The van der Waals surface area contributed by atoms with Gasteiger partial charge in [0.25, 0.3) is 0 Å². The van der Waals surface area contributed by atoms with Crippen molar-refractivity contribution in [3.63, 3.8) is 0 Å². The lowest BCUT2D eigenvalue weighted by Crippen LogP contribution is -2.29. The molecule has 0 fully saturated rings. The van der Waals surface area contributed by atoms with Crippen molar-refractivity contribution in [2.24, 2.45) is 5.92 Å². The monoisotopic (exact) mass is 291 g/mol. The summed E-state index contributed by atoms with van der Waals surface area (Å²) in [5.41, 5.74) is 0.640. The summed E-state index contributed by atoms with van der Waals surface area (Å²) in [6, 6.07) is 5.78. The van der Waals surface area contributed by atoms with Crippen molar-refractivity contribution in [2.75, 3.05) is 0 Å². The second-order valence-corrected chi connectivity index (χ2v) is 4.74. The van der Waals surface area contributed by atoms with E-state index in [9.17, 15) is 9.18 Å². The van der Waals surface area contributed by atoms with E-state index in [2.05, 4.69) is 15.5 Å². The molecule has 1 heterocycles. The highest BCUT2D eigenvalue weighted by molar-refractivity contribution is 5.78. The minimum Gasteiger partial charge on any atom is -0.419 e. The molecule has 0 aliphatic heterocycles. The number of nitrogens with one attached hydrogen (secondary N) is 1. The van der Waals surface area contributed by atoms with Crippen molar-refractivity contribution in [2.45, 2.75) is 33.2 Å². The third-order valence-corrected chi connectivity index (χ3v) is 3.33. The van der Waals surface area contributed by atoms with Gasteiger partial charge in [-0.15, -0.1) is 10.2 Å². The van der Waals surface area contributed by atoms with Gasteiger partial charge in [0.15, 0.2) is 0 Å². The van der Waals surface area contributed by atoms with E-state index in [1.165, 1.54) is 12.1 Å². The molecule has 0 spiro atoms. The number of amides is 1. The number of hydrogen-bond acceptors (Lipinski definition) is 4. The molecule has 0 atom stereocenters. The van der Waals surface area contributed by atoms with Crippen LogP contribution < -0.4 is 5.32 Å². The molecule has 112 valence electrons. The number of nitrogens with zero attached hydrogens (tertiary/aromatic N) is 2. The van der Waals surface area contributed by atoms with Crippen molar-refractivity contribution in [3.05, 3.63) is 36.0 Å². The normalized spacial score (nSPS) is 10.9. The van der Waals surface area contributed by atoms with E-state index in [-0.39, 0.29) is 24.2 Å². The maximum atomic E-state index is 12.8. The summed E-state index contributed by atoms with van der Waals surface area (Å²) in [5.74, 6) is 0.303. The fourth-order valence-electron chi connectivity index (χ4n) is 2.00. The van der Waals surface area contributed by atoms with Crippen LogP contribution in [0.25, 0.3) is 11.5 Å². The van der Waals surface area contributed by atoms with Gasteiger partial charge >= 0.3 is 0 Å². The van der Waals surface area contributed by atoms with E-state index in [4.69, 9.17) is 4.42 Å². The number of carbonyl (C=O) groups is 1. The van der Waals surface area contributed by atoms with Crippen molar-refractivity contribution < 1.29 is 13.6 Å². The number of rotatable bonds is 6. The van der Waals surface area contributed by atoms with Crippen LogP contribution in [0.1, 0.15) is 32.6 Å². The zero-order valence-corrected chi connectivity index (χ0v) is 12.1. The van der Waals surface area contributed by atoms with Gasteiger partial charge < -0.3 is 9.73 Å². The zero-order valence-electron chi connectivity index (χ0n) is 12.1. The van der Waals surface area contributed by atoms with Crippen molar-refractivity contribution >= 4 is 5.91 Å². The summed E-state index contributed by atoms with van der Waals surface area (Å²) in [4.78, 5) is 11.9. The minimum absolute atomic E-state index is 0.00416. The highest BCUT2D eigenvalue weighted by atomic mass is 19.1. The first-order valence-electron chi connectivity index (χ1n) is 7.00. The molecule has 0 bridgehead atoms. The van der Waals surface area contributed by atoms with Crippen molar-refractivity contribution in [3.8, 4) is 11.5 Å². The van der Waals surface area contributed by atoms with Gasteiger partial charge in [0.05, 0.1) is 6.54 Å². The molecule has 5 nitrogen and oxygen atoms in total. The topological polar surface area (TPSA) is 68.0 Å². The number of carbonyl (C=O) groups excluding carboxylic acids is 1. The average Bonchev–Trinajstić information content (AvgIpc) is 2.96. The summed E-state index contributed by atoms with van der Waals surface area (Å²) in [6.45, 7) is 4.16. The van der Waals surface area contributed by atoms with Crippen LogP contribution in [0, 0.1) is 11.7 Å². The minimum atomic E-state index is -0.323. The van der Waals surface area contributed by atoms with Gasteiger partial charge in [0.2, 0.25) is 17.7 Å². The molecule has 2 rings (SSSR count). The van der Waals surface area contributed by atoms with Crippen LogP contribution in [0.4, 0.5) is 4.39 Å². The Hall–Kier alpha value is -2.24. The third-order valence-electron chi connectivity index (χ3n) is 3.33. The fourth-order valence-corrected chi connectivity index (χ4v) is 2.00. The highest BCUT2D eigenvalue weighted by Crippen LogP contribution is 2.18. The molecule has 0 unspecified atom stereocenters. The van der Waals surface area contributed by atoms with Crippen LogP contribution >= 0.6 is 0 Å². The molecule has 1 aromatic carbocycles. The van der Waals surface area contributed by atoms with Crippen molar-refractivity contribution in [1.82, 2.24) is 15.5 Å². The van der Waals surface area contributed by atoms with E-state index in [1.54, 1.807) is 12.1 Å². The molecule has 1 N–H and O–H groups in total. The first-order chi connectivity index (χ1) is 10.1. The lowest BCUT2D eigenvalue weighted by molar-refractivity contribution is -0.125. The summed E-state index contributed by atoms with van der Waals surface area (Å²) in [7, 11) is 0. The molecule has 21 heavy (non-hydrogen) atoms. The molecule has 0 aliphatic rings. The molecule has 0 radical (unpaired) electrons.